The number of nitriles is 1. The van der Waals surface area contributed by atoms with Gasteiger partial charge in [-0.1, -0.05) is 0 Å². The molecular weight excluding hydrogens is 140 g/mol. The number of likely N-dealkylation sites (tertiary alicyclic amines) is 1. The highest BCUT2D eigenvalue weighted by atomic mass is 16.1. The van der Waals surface area contributed by atoms with Crippen molar-refractivity contribution in [2.24, 2.45) is 5.92 Å². The highest BCUT2D eigenvalue weighted by Crippen LogP contribution is 2.13. The van der Waals surface area contributed by atoms with E-state index in [9.17, 15) is 4.79 Å². The number of carbonyl (C=O) groups is 1. The summed E-state index contributed by atoms with van der Waals surface area (Å²) in [5.41, 5.74) is 0. The Kier molecular flexibility index (Phi) is 3.06. The molecule has 1 atom stereocenters. The van der Waals surface area contributed by atoms with Crippen molar-refractivity contribution in [3.8, 4) is 6.07 Å². The first kappa shape index (κ1) is 8.22. The van der Waals surface area contributed by atoms with Crippen molar-refractivity contribution in [2.45, 2.75) is 12.8 Å². The van der Waals surface area contributed by atoms with E-state index in [0.717, 1.165) is 32.2 Å². The van der Waals surface area contributed by atoms with Crippen LogP contribution in [0.25, 0.3) is 0 Å². The summed E-state index contributed by atoms with van der Waals surface area (Å²) >= 11 is 0. The lowest BCUT2D eigenvalue weighted by molar-refractivity contribution is -0.112. The van der Waals surface area contributed by atoms with Crippen molar-refractivity contribution in [1.29, 1.82) is 5.26 Å². The average Bonchev–Trinajstić information content (AvgIpc) is 2.06. The molecule has 0 aromatic carbocycles. The van der Waals surface area contributed by atoms with Crippen molar-refractivity contribution in [3.05, 3.63) is 0 Å². The Labute approximate surface area is 66.6 Å². The minimum absolute atomic E-state index is 0.164. The first-order valence-electron chi connectivity index (χ1n) is 3.91. The molecule has 3 nitrogen and oxygen atoms in total. The van der Waals surface area contributed by atoms with Crippen LogP contribution in [0.3, 0.4) is 0 Å². The number of carbonyl (C=O) groups excluding carboxylic acids is 1. The van der Waals surface area contributed by atoms with Crippen molar-refractivity contribution in [3.63, 3.8) is 0 Å². The minimum atomic E-state index is 0.164. The largest absolute Gasteiger partial charge is 0.303 e. The van der Waals surface area contributed by atoms with Crippen LogP contribution in [0.2, 0.25) is 0 Å². The molecule has 3 heteroatoms. The monoisotopic (exact) mass is 152 g/mol. The lowest BCUT2D eigenvalue weighted by Crippen LogP contribution is -2.36. The van der Waals surface area contributed by atoms with Crippen LogP contribution in [0.5, 0.6) is 0 Å². The molecule has 0 bridgehead atoms. The Bertz CT molecular complexity index is 173. The van der Waals surface area contributed by atoms with Crippen molar-refractivity contribution in [1.82, 2.24) is 4.90 Å². The van der Waals surface area contributed by atoms with Crippen LogP contribution >= 0.6 is 0 Å². The van der Waals surface area contributed by atoms with Gasteiger partial charge in [-0.15, -0.1) is 0 Å². The molecule has 60 valence electrons. The summed E-state index contributed by atoms with van der Waals surface area (Å²) in [7, 11) is 0. The zero-order valence-corrected chi connectivity index (χ0v) is 6.49. The smallest absolute Gasteiger partial charge is 0.124 e. The van der Waals surface area contributed by atoms with Crippen LogP contribution in [0.4, 0.5) is 0 Å². The standard InChI is InChI=1S/C8H12N2O/c9-3-5-10-4-1-2-8(6-10)7-11/h7-8H,1-2,4-6H2. The van der Waals surface area contributed by atoms with Gasteiger partial charge in [0.2, 0.25) is 0 Å². The molecule has 1 unspecified atom stereocenters. The second-order valence-electron chi connectivity index (χ2n) is 2.93. The van der Waals surface area contributed by atoms with Gasteiger partial charge in [0.15, 0.2) is 0 Å². The number of piperidine rings is 1. The fraction of sp³-hybridized carbons (Fsp3) is 0.750. The molecule has 0 aromatic rings. The van der Waals surface area contributed by atoms with Crippen LogP contribution in [-0.2, 0) is 4.79 Å². The first-order valence-corrected chi connectivity index (χ1v) is 3.91. The molecule has 0 amide bonds. The van der Waals surface area contributed by atoms with Gasteiger partial charge in [0.05, 0.1) is 12.6 Å². The fourth-order valence-corrected chi connectivity index (χ4v) is 1.45. The second-order valence-corrected chi connectivity index (χ2v) is 2.93. The SMILES string of the molecule is N#CCN1CCCC(C=O)C1. The maximum absolute atomic E-state index is 10.4. The highest BCUT2D eigenvalue weighted by Gasteiger charge is 2.18. The Balaban J connectivity index is 2.34. The van der Waals surface area contributed by atoms with Gasteiger partial charge in [-0.25, -0.2) is 0 Å². The topological polar surface area (TPSA) is 44.1 Å². The zero-order valence-electron chi connectivity index (χ0n) is 6.49. The van der Waals surface area contributed by atoms with Gasteiger partial charge in [0.1, 0.15) is 6.29 Å². The Morgan fingerprint density at radius 2 is 2.55 bits per heavy atom. The Morgan fingerprint density at radius 1 is 1.73 bits per heavy atom. The zero-order chi connectivity index (χ0) is 8.10. The number of aldehydes is 1. The molecular formula is C8H12N2O. The van der Waals surface area contributed by atoms with Crippen molar-refractivity contribution < 1.29 is 4.79 Å². The molecule has 0 saturated carbocycles. The van der Waals surface area contributed by atoms with E-state index < -0.39 is 0 Å². The van der Waals surface area contributed by atoms with Gasteiger partial charge in [-0.2, -0.15) is 5.26 Å². The third kappa shape index (κ3) is 2.32. The summed E-state index contributed by atoms with van der Waals surface area (Å²) in [6.45, 7) is 2.21. The minimum Gasteiger partial charge on any atom is -0.303 e. The van der Waals surface area contributed by atoms with E-state index in [-0.39, 0.29) is 5.92 Å². The van der Waals surface area contributed by atoms with E-state index in [4.69, 9.17) is 5.26 Å². The predicted molar refractivity (Wildman–Crippen MR) is 40.8 cm³/mol. The predicted octanol–water partition coefficient (Wildman–Crippen LogP) is 0.421. The van der Waals surface area contributed by atoms with Crippen LogP contribution in [0, 0.1) is 17.2 Å². The van der Waals surface area contributed by atoms with E-state index in [1.807, 2.05) is 4.90 Å². The average molecular weight is 152 g/mol. The van der Waals surface area contributed by atoms with E-state index in [1.165, 1.54) is 0 Å². The quantitative estimate of drug-likeness (QED) is 0.425. The number of rotatable bonds is 2. The van der Waals surface area contributed by atoms with Crippen LogP contribution in [0.1, 0.15) is 12.8 Å². The third-order valence-electron chi connectivity index (χ3n) is 2.03. The summed E-state index contributed by atoms with van der Waals surface area (Å²) in [5, 5.41) is 8.40. The van der Waals surface area contributed by atoms with Gasteiger partial charge in [0, 0.05) is 12.5 Å². The van der Waals surface area contributed by atoms with Gasteiger partial charge in [-0.3, -0.25) is 4.90 Å². The Hall–Kier alpha value is -0.880. The van der Waals surface area contributed by atoms with E-state index in [0.29, 0.717) is 6.54 Å². The number of hydrogen-bond donors (Lipinski definition) is 0. The van der Waals surface area contributed by atoms with Gasteiger partial charge in [-0.05, 0) is 19.4 Å². The molecule has 1 heterocycles. The molecule has 1 aliphatic rings. The molecule has 1 fully saturated rings. The maximum atomic E-state index is 10.4. The van der Waals surface area contributed by atoms with Crippen LogP contribution < -0.4 is 0 Å². The van der Waals surface area contributed by atoms with Gasteiger partial charge < -0.3 is 4.79 Å². The van der Waals surface area contributed by atoms with Crippen LogP contribution in [-0.4, -0.2) is 30.8 Å². The van der Waals surface area contributed by atoms with E-state index in [1.54, 1.807) is 0 Å². The third-order valence-corrected chi connectivity index (χ3v) is 2.03. The molecule has 0 radical (unpaired) electrons. The highest BCUT2D eigenvalue weighted by molar-refractivity contribution is 5.53. The molecule has 11 heavy (non-hydrogen) atoms. The molecule has 0 spiro atoms. The number of hydrogen-bond acceptors (Lipinski definition) is 3. The maximum Gasteiger partial charge on any atom is 0.124 e. The molecule has 1 aliphatic heterocycles. The van der Waals surface area contributed by atoms with E-state index in [2.05, 4.69) is 6.07 Å². The van der Waals surface area contributed by atoms with Crippen molar-refractivity contribution >= 4 is 6.29 Å². The number of nitrogens with zero attached hydrogens (tertiary/aromatic N) is 2. The Morgan fingerprint density at radius 3 is 3.18 bits per heavy atom. The fourth-order valence-electron chi connectivity index (χ4n) is 1.45. The molecule has 1 saturated heterocycles. The summed E-state index contributed by atoms with van der Waals surface area (Å²) in [6, 6.07) is 2.09. The first-order chi connectivity index (χ1) is 5.36. The summed E-state index contributed by atoms with van der Waals surface area (Å²) in [5.74, 6) is 0.164. The lowest BCUT2D eigenvalue weighted by atomic mass is 10.00. The van der Waals surface area contributed by atoms with Gasteiger partial charge in [0.25, 0.3) is 0 Å². The lowest BCUT2D eigenvalue weighted by Gasteiger charge is -2.27. The molecule has 0 aromatic heterocycles. The molecule has 1 rings (SSSR count). The normalized spacial score (nSPS) is 25.9. The summed E-state index contributed by atoms with van der Waals surface area (Å²) in [4.78, 5) is 12.4. The molecule has 0 N–H and O–H groups in total. The van der Waals surface area contributed by atoms with Crippen LogP contribution in [0.15, 0.2) is 0 Å². The van der Waals surface area contributed by atoms with Gasteiger partial charge >= 0.3 is 0 Å². The molecule has 0 aliphatic carbocycles. The summed E-state index contributed by atoms with van der Waals surface area (Å²) < 4.78 is 0. The van der Waals surface area contributed by atoms with Crippen molar-refractivity contribution in [2.75, 3.05) is 19.6 Å². The summed E-state index contributed by atoms with van der Waals surface area (Å²) in [6.07, 6.45) is 3.04. The van der Waals surface area contributed by atoms with E-state index >= 15 is 0 Å². The second kappa shape index (κ2) is 4.09.